The third-order valence-corrected chi connectivity index (χ3v) is 4.51. The Hall–Kier alpha value is -0.810. The number of ether oxygens (including phenoxy) is 2. The molecule has 1 N–H and O–H groups in total. The first-order chi connectivity index (χ1) is 9.63. The van der Waals surface area contributed by atoms with Crippen molar-refractivity contribution in [2.75, 3.05) is 26.7 Å². The fourth-order valence-corrected chi connectivity index (χ4v) is 2.95. The molecule has 21 heavy (non-hydrogen) atoms. The Bertz CT molecular complexity index is 377. The fraction of sp³-hybridized carbons (Fsp3) is 0.938. The summed E-state index contributed by atoms with van der Waals surface area (Å²) in [5.74, 6) is 1.20. The first-order valence-corrected chi connectivity index (χ1v) is 7.89. The molecule has 1 amide bonds. The molecule has 5 nitrogen and oxygen atoms in total. The number of hydrogen-bond acceptors (Lipinski definition) is 4. The Morgan fingerprint density at radius 3 is 2.24 bits per heavy atom. The van der Waals surface area contributed by atoms with Gasteiger partial charge < -0.3 is 19.7 Å². The zero-order valence-electron chi connectivity index (χ0n) is 14.2. The summed E-state index contributed by atoms with van der Waals surface area (Å²) in [6.45, 7) is 12.5. The van der Waals surface area contributed by atoms with Crippen molar-refractivity contribution in [2.24, 2.45) is 11.8 Å². The van der Waals surface area contributed by atoms with E-state index in [9.17, 15) is 4.79 Å². The van der Waals surface area contributed by atoms with Crippen LogP contribution in [0, 0.1) is 11.8 Å². The minimum atomic E-state index is -0.409. The van der Waals surface area contributed by atoms with Gasteiger partial charge in [0, 0.05) is 26.2 Å². The normalized spacial score (nSPS) is 28.5. The van der Waals surface area contributed by atoms with E-state index in [0.29, 0.717) is 17.9 Å². The van der Waals surface area contributed by atoms with Crippen LogP contribution in [0.25, 0.3) is 0 Å². The minimum absolute atomic E-state index is 0.0699. The number of methoxy groups -OCH3 is 1. The van der Waals surface area contributed by atoms with Gasteiger partial charge in [-0.1, -0.05) is 0 Å². The summed E-state index contributed by atoms with van der Waals surface area (Å²) in [6, 6.07) is 0.566. The van der Waals surface area contributed by atoms with Crippen LogP contribution in [0.15, 0.2) is 0 Å². The average molecular weight is 298 g/mol. The molecule has 2 aliphatic rings. The lowest BCUT2D eigenvalue weighted by molar-refractivity contribution is 0.0154. The SMILES string of the molecule is COC(C)(C)CCNC1C2CN(C(=O)OC(C)(C)C)CC21. The second kappa shape index (κ2) is 5.76. The monoisotopic (exact) mass is 298 g/mol. The van der Waals surface area contributed by atoms with Crippen molar-refractivity contribution < 1.29 is 14.3 Å². The van der Waals surface area contributed by atoms with E-state index in [1.807, 2.05) is 25.7 Å². The third kappa shape index (κ3) is 4.33. The van der Waals surface area contributed by atoms with Crippen molar-refractivity contribution in [1.29, 1.82) is 0 Å². The summed E-state index contributed by atoms with van der Waals surface area (Å²) < 4.78 is 10.8. The lowest BCUT2D eigenvalue weighted by Gasteiger charge is -2.26. The van der Waals surface area contributed by atoms with Crippen LogP contribution in [0.1, 0.15) is 41.0 Å². The summed E-state index contributed by atoms with van der Waals surface area (Å²) in [5.41, 5.74) is -0.479. The van der Waals surface area contributed by atoms with Gasteiger partial charge in [0.05, 0.1) is 5.60 Å². The highest BCUT2D eigenvalue weighted by Crippen LogP contribution is 2.45. The molecule has 122 valence electrons. The molecule has 1 aliphatic heterocycles. The van der Waals surface area contributed by atoms with E-state index in [4.69, 9.17) is 9.47 Å². The number of carbonyl (C=O) groups excluding carboxylic acids is 1. The van der Waals surface area contributed by atoms with Gasteiger partial charge >= 0.3 is 6.09 Å². The number of carbonyl (C=O) groups is 1. The van der Waals surface area contributed by atoms with Crippen LogP contribution in [0.4, 0.5) is 4.79 Å². The van der Waals surface area contributed by atoms with E-state index >= 15 is 0 Å². The van der Waals surface area contributed by atoms with Gasteiger partial charge in [0.25, 0.3) is 0 Å². The molecule has 0 aromatic carbocycles. The van der Waals surface area contributed by atoms with Crippen LogP contribution >= 0.6 is 0 Å². The molecule has 0 radical (unpaired) electrons. The number of nitrogens with one attached hydrogen (secondary N) is 1. The number of rotatable bonds is 5. The van der Waals surface area contributed by atoms with Gasteiger partial charge in [0.2, 0.25) is 0 Å². The molecule has 0 bridgehead atoms. The zero-order valence-corrected chi connectivity index (χ0v) is 14.2. The summed E-state index contributed by atoms with van der Waals surface area (Å²) >= 11 is 0. The molecule has 1 saturated carbocycles. The van der Waals surface area contributed by atoms with E-state index in [0.717, 1.165) is 26.1 Å². The average Bonchev–Trinajstić information content (AvgIpc) is 2.81. The summed E-state index contributed by atoms with van der Waals surface area (Å²) in [4.78, 5) is 13.8. The molecular weight excluding hydrogens is 268 g/mol. The largest absolute Gasteiger partial charge is 0.444 e. The van der Waals surface area contributed by atoms with Crippen molar-refractivity contribution in [3.05, 3.63) is 0 Å². The quantitative estimate of drug-likeness (QED) is 0.846. The van der Waals surface area contributed by atoms with E-state index in [-0.39, 0.29) is 11.7 Å². The molecule has 1 saturated heterocycles. The van der Waals surface area contributed by atoms with Crippen LogP contribution in [0.5, 0.6) is 0 Å². The number of hydrogen-bond donors (Lipinski definition) is 1. The maximum atomic E-state index is 12.0. The van der Waals surface area contributed by atoms with Crippen LogP contribution in [0.2, 0.25) is 0 Å². The van der Waals surface area contributed by atoms with Crippen LogP contribution in [0.3, 0.4) is 0 Å². The molecule has 2 unspecified atom stereocenters. The predicted octanol–water partition coefficient (Wildman–Crippen LogP) is 2.26. The van der Waals surface area contributed by atoms with Crippen LogP contribution in [-0.4, -0.2) is 55.0 Å². The smallest absolute Gasteiger partial charge is 0.410 e. The second-order valence-electron chi connectivity index (χ2n) is 7.91. The Labute approximate surface area is 128 Å². The molecule has 1 aliphatic carbocycles. The molecule has 5 heteroatoms. The molecule has 2 rings (SSSR count). The topological polar surface area (TPSA) is 50.8 Å². The van der Waals surface area contributed by atoms with Crippen molar-refractivity contribution in [3.8, 4) is 0 Å². The maximum absolute atomic E-state index is 12.0. The van der Waals surface area contributed by atoms with Gasteiger partial charge in [-0.3, -0.25) is 0 Å². The van der Waals surface area contributed by atoms with E-state index in [2.05, 4.69) is 19.2 Å². The molecular formula is C16H30N2O3. The van der Waals surface area contributed by atoms with Crippen LogP contribution < -0.4 is 5.32 Å². The second-order valence-corrected chi connectivity index (χ2v) is 7.91. The van der Waals surface area contributed by atoms with Crippen LogP contribution in [-0.2, 0) is 9.47 Å². The Kier molecular flexibility index (Phi) is 4.54. The van der Waals surface area contributed by atoms with Gasteiger partial charge in [-0.2, -0.15) is 0 Å². The molecule has 0 aromatic rings. The number of amides is 1. The minimum Gasteiger partial charge on any atom is -0.444 e. The van der Waals surface area contributed by atoms with Gasteiger partial charge in [-0.25, -0.2) is 4.79 Å². The maximum Gasteiger partial charge on any atom is 0.410 e. The Morgan fingerprint density at radius 1 is 1.19 bits per heavy atom. The van der Waals surface area contributed by atoms with Crippen molar-refractivity contribution in [2.45, 2.75) is 58.3 Å². The number of piperidine rings is 1. The van der Waals surface area contributed by atoms with Gasteiger partial charge in [0.15, 0.2) is 0 Å². The lowest BCUT2D eigenvalue weighted by Crippen LogP contribution is -2.39. The molecule has 0 aromatic heterocycles. The van der Waals surface area contributed by atoms with Crippen molar-refractivity contribution >= 4 is 6.09 Å². The molecule has 2 fully saturated rings. The fourth-order valence-electron chi connectivity index (χ4n) is 2.95. The van der Waals surface area contributed by atoms with E-state index in [1.54, 1.807) is 7.11 Å². The molecule has 2 atom stereocenters. The summed E-state index contributed by atoms with van der Waals surface area (Å²) in [6.07, 6.45) is 0.823. The standard InChI is InChI=1S/C16H30N2O3/c1-15(2,3)21-14(19)18-9-11-12(10-18)13(11)17-8-7-16(4,5)20-6/h11-13,17H,7-10H2,1-6H3. The summed E-state index contributed by atoms with van der Waals surface area (Å²) in [5, 5.41) is 3.60. The first-order valence-electron chi connectivity index (χ1n) is 7.89. The third-order valence-electron chi connectivity index (χ3n) is 4.51. The van der Waals surface area contributed by atoms with Gasteiger partial charge in [-0.05, 0) is 59.4 Å². The number of nitrogens with zero attached hydrogens (tertiary/aromatic N) is 1. The molecule has 1 heterocycles. The lowest BCUT2D eigenvalue weighted by atomic mass is 10.1. The number of fused-ring (bicyclic) bond motifs is 1. The van der Waals surface area contributed by atoms with Crippen molar-refractivity contribution in [1.82, 2.24) is 10.2 Å². The van der Waals surface area contributed by atoms with E-state index < -0.39 is 5.60 Å². The Balaban J connectivity index is 1.67. The zero-order chi connectivity index (χ0) is 15.8. The predicted molar refractivity (Wildman–Crippen MR) is 82.3 cm³/mol. The first kappa shape index (κ1) is 16.6. The highest BCUT2D eigenvalue weighted by Gasteiger charge is 2.56. The number of likely N-dealkylation sites (tertiary alicyclic amines) is 1. The summed E-state index contributed by atoms with van der Waals surface area (Å²) in [7, 11) is 1.75. The Morgan fingerprint density at radius 2 is 1.76 bits per heavy atom. The molecule has 0 spiro atoms. The highest BCUT2D eigenvalue weighted by atomic mass is 16.6. The van der Waals surface area contributed by atoms with Gasteiger partial charge in [0.1, 0.15) is 5.60 Å². The highest BCUT2D eigenvalue weighted by molar-refractivity contribution is 5.69. The van der Waals surface area contributed by atoms with E-state index in [1.165, 1.54) is 0 Å². The van der Waals surface area contributed by atoms with Crippen molar-refractivity contribution in [3.63, 3.8) is 0 Å². The van der Waals surface area contributed by atoms with Gasteiger partial charge in [-0.15, -0.1) is 0 Å².